The molecule has 2 aromatic rings. The number of carbonyl (C=O) groups is 4. The van der Waals surface area contributed by atoms with Crippen molar-refractivity contribution in [3.8, 4) is 5.75 Å². The summed E-state index contributed by atoms with van der Waals surface area (Å²) in [4.78, 5) is 63.7. The number of para-hydroxylation sites is 1. The number of sulfonamides is 1. The second kappa shape index (κ2) is 14.7. The van der Waals surface area contributed by atoms with Crippen LogP contribution in [0.15, 0.2) is 30.4 Å². The Morgan fingerprint density at radius 2 is 1.75 bits per heavy atom. The minimum Gasteiger partial charge on any atom is -0.483 e. The number of allylic oxidation sites excluding steroid dienone is 1. The predicted molar refractivity (Wildman–Crippen MR) is 216 cm³/mol. The van der Waals surface area contributed by atoms with E-state index in [0.29, 0.717) is 67.3 Å². The van der Waals surface area contributed by atoms with Crippen molar-refractivity contribution in [3.63, 3.8) is 0 Å². The van der Waals surface area contributed by atoms with Gasteiger partial charge in [-0.2, -0.15) is 0 Å². The van der Waals surface area contributed by atoms with Gasteiger partial charge in [-0.3, -0.25) is 19.1 Å². The Hall–Kier alpha value is -4.27. The highest BCUT2D eigenvalue weighted by Gasteiger charge is 2.64. The number of aryl methyl sites for hydroxylation is 1. The van der Waals surface area contributed by atoms with Crippen molar-refractivity contribution >= 4 is 44.7 Å². The summed E-state index contributed by atoms with van der Waals surface area (Å²) in [6, 6.07) is 2.79. The predicted octanol–water partition coefficient (Wildman–Crippen LogP) is 6.13. The largest absolute Gasteiger partial charge is 0.483 e. The molecule has 1 spiro atoms. The Morgan fingerprint density at radius 3 is 2.49 bits per heavy atom. The van der Waals surface area contributed by atoms with Crippen LogP contribution in [0.3, 0.4) is 0 Å². The maximum atomic E-state index is 15.1. The molecule has 3 aliphatic heterocycles. The van der Waals surface area contributed by atoms with Gasteiger partial charge < -0.3 is 25.0 Å². The summed E-state index contributed by atoms with van der Waals surface area (Å²) in [6.45, 7) is 3.55. The Morgan fingerprint density at radius 1 is 0.983 bits per heavy atom. The number of aromatic nitrogens is 1. The first-order valence-corrected chi connectivity index (χ1v) is 23.3. The lowest BCUT2D eigenvalue weighted by Gasteiger charge is -2.37. The number of benzene rings is 1. The highest BCUT2D eigenvalue weighted by molar-refractivity contribution is 7.91. The molecule has 4 aliphatic carbocycles. The summed E-state index contributed by atoms with van der Waals surface area (Å²) in [5, 5.41) is 6.54. The van der Waals surface area contributed by atoms with Crippen LogP contribution in [0, 0.1) is 11.7 Å². The number of nitrogens with zero attached hydrogens (tertiary/aromatic N) is 2. The molecule has 4 heterocycles. The topological polar surface area (TPSA) is 173 Å². The molecule has 0 radical (unpaired) electrons. The van der Waals surface area contributed by atoms with E-state index in [9.17, 15) is 27.6 Å². The molecule has 59 heavy (non-hydrogen) atoms. The zero-order valence-corrected chi connectivity index (χ0v) is 34.9. The van der Waals surface area contributed by atoms with Gasteiger partial charge in [-0.25, -0.2) is 22.6 Å². The third-order valence-electron chi connectivity index (χ3n) is 14.3. The number of alkyl carbamates (subject to hydrolysis) is 1. The fourth-order valence-corrected chi connectivity index (χ4v) is 11.3. The van der Waals surface area contributed by atoms with E-state index < -0.39 is 79.1 Å². The standard InChI is InChI=1S/C44H56FN5O8S/c1-41(19-9-6-10-20-41)58-40(54)46-32-15-8-5-3-4-7-12-28-24-44(28,39(53)49-59(55,56)42(2)22-23-42)48-37(51)33-25-43(26-50(33)38(32)52)21-18-30-29-13-11-14-31(45)35(29)47-34(27-16-17-27)36(30)57-43/h7,11-14,27-28,32-33H,3-6,8-10,15-26H2,1-2H3,(H,46,54)(H,48,51)(H,49,53)/b12-7-/t28?,32-,33-,43+,44+/m0/s1. The molecule has 5 atom stereocenters. The third kappa shape index (κ3) is 7.58. The lowest BCUT2D eigenvalue weighted by atomic mass is 9.86. The SMILES string of the molecule is CC1(OC(=O)N[C@H]2CCCCC/C=C\C3C[C@@]3(C(=O)NS(=O)(=O)C3(C)CC3)NC(=O)[C@@H]3C[C@]4(CCc5c(c(C6CC6)nc6c(F)cccc56)O4)CN3C2=O)CCCCC1. The van der Waals surface area contributed by atoms with Gasteiger partial charge in [0.15, 0.2) is 0 Å². The van der Waals surface area contributed by atoms with Crippen molar-refractivity contribution in [3.05, 3.63) is 47.4 Å². The van der Waals surface area contributed by atoms with Crippen LogP contribution < -0.4 is 20.1 Å². The number of rotatable bonds is 6. The maximum Gasteiger partial charge on any atom is 0.408 e. The Balaban J connectivity index is 1.05. The number of carbonyl (C=O) groups excluding carboxylic acids is 4. The molecule has 318 valence electrons. The first-order valence-electron chi connectivity index (χ1n) is 21.8. The molecule has 1 aromatic heterocycles. The van der Waals surface area contributed by atoms with Gasteiger partial charge in [-0.05, 0) is 110 Å². The summed E-state index contributed by atoms with van der Waals surface area (Å²) < 4.78 is 56.0. The van der Waals surface area contributed by atoms with Gasteiger partial charge in [0.05, 0.1) is 17.0 Å². The molecule has 5 fully saturated rings. The van der Waals surface area contributed by atoms with Crippen molar-refractivity contribution in [2.24, 2.45) is 5.92 Å². The maximum absolute atomic E-state index is 15.1. The smallest absolute Gasteiger partial charge is 0.408 e. The van der Waals surface area contributed by atoms with Gasteiger partial charge in [0.2, 0.25) is 21.8 Å². The van der Waals surface area contributed by atoms with Crippen molar-refractivity contribution in [1.82, 2.24) is 25.2 Å². The molecule has 3 N–H and O–H groups in total. The van der Waals surface area contributed by atoms with E-state index in [0.717, 1.165) is 63.4 Å². The minimum atomic E-state index is -4.01. The molecule has 15 heteroatoms. The molecular formula is C44H56FN5O8S. The first kappa shape index (κ1) is 40.2. The van der Waals surface area contributed by atoms with E-state index in [1.165, 1.54) is 11.0 Å². The van der Waals surface area contributed by atoms with E-state index in [2.05, 4.69) is 15.4 Å². The van der Waals surface area contributed by atoms with Gasteiger partial charge in [0, 0.05) is 29.2 Å². The molecule has 4 amide bonds. The van der Waals surface area contributed by atoms with Gasteiger partial charge in [-0.1, -0.05) is 43.5 Å². The van der Waals surface area contributed by atoms with Gasteiger partial charge >= 0.3 is 6.09 Å². The molecule has 1 saturated heterocycles. The molecule has 4 saturated carbocycles. The number of fused-ring (bicyclic) bond motifs is 5. The van der Waals surface area contributed by atoms with Crippen LogP contribution >= 0.6 is 0 Å². The molecule has 0 bridgehead atoms. The minimum absolute atomic E-state index is 0.0227. The van der Waals surface area contributed by atoms with Crippen LogP contribution in [0.25, 0.3) is 10.9 Å². The zero-order chi connectivity index (χ0) is 41.4. The summed E-state index contributed by atoms with van der Waals surface area (Å²) in [6.07, 6.45) is 14.7. The van der Waals surface area contributed by atoms with Crippen molar-refractivity contribution in [2.45, 2.75) is 169 Å². The number of pyridine rings is 1. The van der Waals surface area contributed by atoms with Gasteiger partial charge in [0.1, 0.15) is 45.9 Å². The summed E-state index contributed by atoms with van der Waals surface area (Å²) in [5.74, 6) is -2.00. The number of nitrogens with one attached hydrogen (secondary N) is 3. The number of amides is 4. The molecular weight excluding hydrogens is 778 g/mol. The van der Waals surface area contributed by atoms with E-state index in [-0.39, 0.29) is 25.3 Å². The monoisotopic (exact) mass is 833 g/mol. The number of hydrogen-bond acceptors (Lipinski definition) is 9. The number of hydrogen-bond donors (Lipinski definition) is 3. The van der Waals surface area contributed by atoms with Gasteiger partial charge in [0.25, 0.3) is 5.91 Å². The van der Waals surface area contributed by atoms with Gasteiger partial charge in [-0.15, -0.1) is 0 Å². The van der Waals surface area contributed by atoms with E-state index in [1.807, 2.05) is 25.1 Å². The van der Waals surface area contributed by atoms with Crippen LogP contribution in [-0.4, -0.2) is 82.2 Å². The van der Waals surface area contributed by atoms with Crippen LogP contribution in [0.4, 0.5) is 9.18 Å². The second-order valence-corrected chi connectivity index (χ2v) is 21.2. The van der Waals surface area contributed by atoms with Crippen LogP contribution in [-0.2, 0) is 35.6 Å². The van der Waals surface area contributed by atoms with Crippen LogP contribution in [0.2, 0.25) is 0 Å². The molecule has 9 rings (SSSR count). The fraction of sp³-hybridized carbons (Fsp3) is 0.659. The van der Waals surface area contributed by atoms with Crippen molar-refractivity contribution in [2.75, 3.05) is 6.54 Å². The first-order chi connectivity index (χ1) is 28.1. The summed E-state index contributed by atoms with van der Waals surface area (Å²) in [5.41, 5.74) is -1.36. The second-order valence-electron chi connectivity index (χ2n) is 19.0. The van der Waals surface area contributed by atoms with Crippen LogP contribution in [0.5, 0.6) is 5.75 Å². The quantitative estimate of drug-likeness (QED) is 0.290. The van der Waals surface area contributed by atoms with E-state index >= 15 is 4.39 Å². The Bertz CT molecular complexity index is 2220. The Kier molecular flexibility index (Phi) is 10.0. The average Bonchev–Trinajstić information content (AvgIpc) is 4.13. The highest BCUT2D eigenvalue weighted by atomic mass is 32.2. The average molecular weight is 834 g/mol. The third-order valence-corrected chi connectivity index (χ3v) is 16.5. The van der Waals surface area contributed by atoms with Crippen molar-refractivity contribution in [1.29, 1.82) is 0 Å². The van der Waals surface area contributed by atoms with E-state index in [4.69, 9.17) is 14.5 Å². The Labute approximate surface area is 345 Å². The van der Waals surface area contributed by atoms with Crippen molar-refractivity contribution < 1.29 is 41.5 Å². The lowest BCUT2D eigenvalue weighted by Crippen LogP contribution is -2.58. The zero-order valence-electron chi connectivity index (χ0n) is 34.1. The molecule has 13 nitrogen and oxygen atoms in total. The number of ether oxygens (including phenoxy) is 2. The van der Waals surface area contributed by atoms with E-state index in [1.54, 1.807) is 13.0 Å². The summed E-state index contributed by atoms with van der Waals surface area (Å²) in [7, 11) is -4.01. The lowest BCUT2D eigenvalue weighted by molar-refractivity contribution is -0.141. The fourth-order valence-electron chi connectivity index (χ4n) is 9.97. The normalized spacial score (nSPS) is 31.9. The molecule has 1 aromatic carbocycles. The molecule has 7 aliphatic rings. The number of halogens is 1. The highest BCUT2D eigenvalue weighted by Crippen LogP contribution is 2.52. The summed E-state index contributed by atoms with van der Waals surface area (Å²) >= 11 is 0. The van der Waals surface area contributed by atoms with Crippen LogP contribution in [0.1, 0.15) is 140 Å². The molecule has 1 unspecified atom stereocenters.